The highest BCUT2D eigenvalue weighted by atomic mass is 32.7. The van der Waals surface area contributed by atoms with E-state index in [0.29, 0.717) is 7.78 Å². The Morgan fingerprint density at radius 1 is 1.75 bits per heavy atom. The van der Waals surface area contributed by atoms with Gasteiger partial charge in [-0.05, 0) is 0 Å². The summed E-state index contributed by atoms with van der Waals surface area (Å²) >= 11 is 7.73. The maximum atomic E-state index is 3.87. The Morgan fingerprint density at radius 3 is 2.00 bits per heavy atom. The summed E-state index contributed by atoms with van der Waals surface area (Å²) < 4.78 is 0. The van der Waals surface area contributed by atoms with Gasteiger partial charge in [0.25, 0.3) is 0 Å². The topological polar surface area (TPSA) is 0 Å². The van der Waals surface area contributed by atoms with Crippen molar-refractivity contribution in [2.75, 3.05) is 5.49 Å². The summed E-state index contributed by atoms with van der Waals surface area (Å²) in [5, 5.41) is 0. The van der Waals surface area contributed by atoms with E-state index in [9.17, 15) is 0 Å². The van der Waals surface area contributed by atoms with E-state index in [1.807, 2.05) is 0 Å². The van der Waals surface area contributed by atoms with E-state index < -0.39 is 0 Å². The van der Waals surface area contributed by atoms with Crippen LogP contribution in [-0.4, -0.2) is 5.49 Å². The van der Waals surface area contributed by atoms with Gasteiger partial charge in [-0.1, -0.05) is 7.78 Å². The van der Waals surface area contributed by atoms with E-state index in [4.69, 9.17) is 0 Å². The molecule has 0 aliphatic rings. The van der Waals surface area contributed by atoms with Crippen LogP contribution in [0.2, 0.25) is 0 Å². The molecule has 0 spiro atoms. The lowest BCUT2D eigenvalue weighted by atomic mass is 11.9. The third-order valence-electron chi connectivity index (χ3n) is 0.0707. The third kappa shape index (κ3) is 3.13. The molecule has 0 rings (SSSR count). The van der Waals surface area contributed by atoms with E-state index >= 15 is 0 Å². The van der Waals surface area contributed by atoms with Crippen molar-refractivity contribution in [3.8, 4) is 0 Å². The molecule has 4 heavy (non-hydrogen) atoms. The standard InChI is InChI=1S/CH5PS2/c3-1-2-4/h2-4H,1H2. The van der Waals surface area contributed by atoms with Crippen molar-refractivity contribution in [3.63, 3.8) is 0 Å². The Bertz CT molecular complexity index is 8.00. The summed E-state index contributed by atoms with van der Waals surface area (Å²) in [5.74, 6) is 0. The summed E-state index contributed by atoms with van der Waals surface area (Å²) in [6.45, 7) is 0. The van der Waals surface area contributed by atoms with Gasteiger partial charge in [-0.2, -0.15) is 24.9 Å². The molecule has 0 aliphatic heterocycles. The smallest absolute Gasteiger partial charge is 0.0168 e. The average Bonchev–Trinajstić information content (AvgIpc) is 1.37. The van der Waals surface area contributed by atoms with Crippen LogP contribution in [-0.2, 0) is 0 Å². The first-order valence-corrected chi connectivity index (χ1v) is 4.02. The highest BCUT2D eigenvalue weighted by molar-refractivity contribution is 8.39. The summed E-state index contributed by atoms with van der Waals surface area (Å²) in [5.41, 5.74) is 0.906. The number of rotatable bonds is 1. The minimum absolute atomic E-state index is 0.699. The van der Waals surface area contributed by atoms with Crippen LogP contribution < -0.4 is 0 Å². The maximum Gasteiger partial charge on any atom is 0.0168 e. The van der Waals surface area contributed by atoms with Crippen molar-refractivity contribution in [2.45, 2.75) is 0 Å². The second-order valence-electron chi connectivity index (χ2n) is 0.316. The molecule has 0 aromatic heterocycles. The lowest BCUT2D eigenvalue weighted by Crippen LogP contribution is -1.31. The van der Waals surface area contributed by atoms with E-state index in [-0.39, 0.29) is 0 Å². The number of hydrogen-bond donors (Lipinski definition) is 2. The van der Waals surface area contributed by atoms with E-state index in [0.717, 1.165) is 5.49 Å². The lowest BCUT2D eigenvalue weighted by molar-refractivity contribution is 2.34. The highest BCUT2D eigenvalue weighted by Gasteiger charge is 1.56. The Morgan fingerprint density at radius 2 is 2.00 bits per heavy atom. The van der Waals surface area contributed by atoms with Crippen LogP contribution in [0.1, 0.15) is 0 Å². The van der Waals surface area contributed by atoms with E-state index in [1.54, 1.807) is 0 Å². The zero-order valence-electron chi connectivity index (χ0n) is 2.10. The molecule has 0 nitrogen and oxygen atoms in total. The molecule has 0 N–H and O–H groups in total. The van der Waals surface area contributed by atoms with Gasteiger partial charge in [-0.25, -0.2) is 0 Å². The van der Waals surface area contributed by atoms with Gasteiger partial charge in [-0.15, -0.1) is 0 Å². The molecule has 0 saturated carbocycles. The number of thiol groups is 2. The fourth-order valence-electron chi connectivity index (χ4n) is 0. The second kappa shape index (κ2) is 4.13. The summed E-state index contributed by atoms with van der Waals surface area (Å²) in [6, 6.07) is 0. The largest absolute Gasteiger partial charge is 0.174 e. The monoisotopic (exact) mass is 112 g/mol. The normalized spacial score (nSPS) is 10.5. The first-order chi connectivity index (χ1) is 1.91. The van der Waals surface area contributed by atoms with Crippen LogP contribution in [0.15, 0.2) is 0 Å². The van der Waals surface area contributed by atoms with Gasteiger partial charge in [0.1, 0.15) is 0 Å². The fraction of sp³-hybridized carbons (Fsp3) is 1.00. The van der Waals surface area contributed by atoms with Gasteiger partial charge in [0.05, 0.1) is 0 Å². The molecule has 0 radical (unpaired) electrons. The molecule has 0 aliphatic carbocycles. The molecule has 1 unspecified atom stereocenters. The molecule has 1 atom stereocenters. The molecule has 0 heterocycles. The molecule has 0 aromatic carbocycles. The Kier molecular flexibility index (Phi) is 5.30. The Labute approximate surface area is 38.7 Å². The molecule has 0 bridgehead atoms. The molecule has 26 valence electrons. The van der Waals surface area contributed by atoms with Gasteiger partial charge in [-0.3, -0.25) is 0 Å². The van der Waals surface area contributed by atoms with Crippen LogP contribution in [0.5, 0.6) is 0 Å². The predicted octanol–water partition coefficient (Wildman–Crippen LogP) is 1.40. The van der Waals surface area contributed by atoms with Crippen molar-refractivity contribution in [3.05, 3.63) is 0 Å². The molecule has 0 aromatic rings. The lowest BCUT2D eigenvalue weighted by Gasteiger charge is -1.68. The third-order valence-corrected chi connectivity index (χ3v) is 1.91. The molecule has 3 heteroatoms. The van der Waals surface area contributed by atoms with Crippen molar-refractivity contribution in [1.82, 2.24) is 0 Å². The first kappa shape index (κ1) is 5.13. The van der Waals surface area contributed by atoms with Gasteiger partial charge >= 0.3 is 0 Å². The molecule has 0 saturated heterocycles. The summed E-state index contributed by atoms with van der Waals surface area (Å²) in [6.07, 6.45) is 0. The van der Waals surface area contributed by atoms with Crippen molar-refractivity contribution >= 4 is 32.7 Å². The van der Waals surface area contributed by atoms with Gasteiger partial charge in [0.15, 0.2) is 0 Å². The van der Waals surface area contributed by atoms with Crippen LogP contribution in [0, 0.1) is 0 Å². The molecular weight excluding hydrogens is 107 g/mol. The first-order valence-electron chi connectivity index (χ1n) is 0.893. The minimum atomic E-state index is 0.699. The highest BCUT2D eigenvalue weighted by Crippen LogP contribution is 2.14. The van der Waals surface area contributed by atoms with Crippen molar-refractivity contribution in [1.29, 1.82) is 0 Å². The van der Waals surface area contributed by atoms with Gasteiger partial charge in [0, 0.05) is 5.49 Å². The minimum Gasteiger partial charge on any atom is -0.174 e. The number of hydrogen-bond acceptors (Lipinski definition) is 2. The van der Waals surface area contributed by atoms with Crippen LogP contribution in [0.3, 0.4) is 0 Å². The zero-order valence-corrected chi connectivity index (χ0v) is 4.89. The summed E-state index contributed by atoms with van der Waals surface area (Å²) in [7, 11) is 0.699. The predicted molar refractivity (Wildman–Crippen MR) is 31.2 cm³/mol. The van der Waals surface area contributed by atoms with Crippen molar-refractivity contribution in [2.24, 2.45) is 0 Å². The quantitative estimate of drug-likeness (QED) is 0.372. The van der Waals surface area contributed by atoms with Gasteiger partial charge < -0.3 is 0 Å². The second-order valence-corrected chi connectivity index (χ2v) is 2.85. The Hall–Kier alpha value is 1.13. The van der Waals surface area contributed by atoms with E-state index in [2.05, 4.69) is 24.9 Å². The maximum absolute atomic E-state index is 3.87. The molecule has 0 amide bonds. The fourth-order valence-corrected chi connectivity index (χ4v) is 0. The average molecular weight is 112 g/mol. The summed E-state index contributed by atoms with van der Waals surface area (Å²) in [4.78, 5) is 0. The van der Waals surface area contributed by atoms with E-state index in [1.165, 1.54) is 0 Å². The SMILES string of the molecule is SCPS. The zero-order chi connectivity index (χ0) is 3.41. The van der Waals surface area contributed by atoms with Crippen LogP contribution >= 0.6 is 32.7 Å². The molecule has 0 fully saturated rings. The Balaban J connectivity index is 1.97. The van der Waals surface area contributed by atoms with Crippen molar-refractivity contribution < 1.29 is 0 Å². The molecular formula is CH5PS2. The van der Waals surface area contributed by atoms with Crippen LogP contribution in [0.25, 0.3) is 0 Å². The van der Waals surface area contributed by atoms with Crippen LogP contribution in [0.4, 0.5) is 0 Å². The van der Waals surface area contributed by atoms with Gasteiger partial charge in [0.2, 0.25) is 0 Å².